The molecule has 0 saturated heterocycles. The highest BCUT2D eigenvalue weighted by atomic mass is 16.4. The number of phenols is 1. The summed E-state index contributed by atoms with van der Waals surface area (Å²) in [5.74, 6) is 0.275. The molecule has 4 heteroatoms. The first-order valence-electron chi connectivity index (χ1n) is 10.6. The predicted octanol–water partition coefficient (Wildman–Crippen LogP) is 4.58. The van der Waals surface area contributed by atoms with Crippen LogP contribution in [-0.2, 0) is 11.2 Å². The van der Waals surface area contributed by atoms with Crippen LogP contribution in [0.5, 0.6) is 5.75 Å². The van der Waals surface area contributed by atoms with Crippen molar-refractivity contribution in [1.82, 2.24) is 0 Å². The molecule has 1 aromatic rings. The molecule has 0 radical (unpaired) electrons. The molecule has 0 amide bonds. The van der Waals surface area contributed by atoms with Gasteiger partial charge in [-0.25, -0.2) is 0 Å². The van der Waals surface area contributed by atoms with Crippen molar-refractivity contribution in [1.29, 1.82) is 0 Å². The minimum Gasteiger partial charge on any atom is -0.508 e. The zero-order chi connectivity index (χ0) is 19.3. The van der Waals surface area contributed by atoms with E-state index in [0.29, 0.717) is 24.2 Å². The summed E-state index contributed by atoms with van der Waals surface area (Å²) in [6.45, 7) is 4.27. The summed E-state index contributed by atoms with van der Waals surface area (Å²) in [6, 6.07) is 3.57. The van der Waals surface area contributed by atoms with E-state index in [2.05, 4.69) is 6.92 Å². The van der Waals surface area contributed by atoms with Crippen molar-refractivity contribution in [3.05, 3.63) is 28.8 Å². The van der Waals surface area contributed by atoms with Gasteiger partial charge in [-0.3, -0.25) is 4.79 Å². The van der Waals surface area contributed by atoms with E-state index in [9.17, 15) is 20.1 Å². The van der Waals surface area contributed by atoms with Gasteiger partial charge < -0.3 is 15.3 Å². The second-order valence-electron chi connectivity index (χ2n) is 9.34. The molecule has 0 spiro atoms. The molecular formula is C23H32O4. The standard InChI is InChI=1S/C23H32O4/c1-3-4-17(22(26)27)18-12-14(24)11-13-5-6-15-16(21(13)18)9-10-23(2)19(15)7-8-20(23)25/h11-12,15-17,19-20,24-25H,3-10H2,1-2H3,(H,26,27)/t15-,16+,17?,19+,20-,23+/m1/s1. The summed E-state index contributed by atoms with van der Waals surface area (Å²) in [7, 11) is 0. The topological polar surface area (TPSA) is 77.8 Å². The number of hydrogen-bond acceptors (Lipinski definition) is 3. The average Bonchev–Trinajstić information content (AvgIpc) is 2.93. The SMILES string of the molecule is CCCC(C(=O)O)c1cc(O)cc2c1[C@H]1CC[C@]3(C)[C@H](O)CC[C@H]3[C@@H]1CC2. The van der Waals surface area contributed by atoms with E-state index in [1.165, 1.54) is 5.56 Å². The van der Waals surface area contributed by atoms with E-state index in [1.807, 2.05) is 13.0 Å². The number of hydrogen-bond donors (Lipinski definition) is 3. The molecule has 148 valence electrons. The number of aliphatic hydroxyl groups is 1. The van der Waals surface area contributed by atoms with Gasteiger partial charge in [-0.2, -0.15) is 0 Å². The highest BCUT2D eigenvalue weighted by Crippen LogP contribution is 2.61. The molecule has 2 fully saturated rings. The van der Waals surface area contributed by atoms with Crippen LogP contribution in [0.25, 0.3) is 0 Å². The first-order valence-corrected chi connectivity index (χ1v) is 10.6. The van der Waals surface area contributed by atoms with Crippen LogP contribution in [-0.4, -0.2) is 27.4 Å². The number of fused-ring (bicyclic) bond motifs is 5. The smallest absolute Gasteiger partial charge is 0.310 e. The van der Waals surface area contributed by atoms with E-state index in [-0.39, 0.29) is 17.3 Å². The third-order valence-electron chi connectivity index (χ3n) is 8.04. The zero-order valence-corrected chi connectivity index (χ0v) is 16.4. The van der Waals surface area contributed by atoms with Gasteiger partial charge in [0, 0.05) is 0 Å². The molecule has 3 N–H and O–H groups in total. The summed E-state index contributed by atoms with van der Waals surface area (Å²) in [5, 5.41) is 30.7. The first-order chi connectivity index (χ1) is 12.9. The minimum atomic E-state index is -0.788. The van der Waals surface area contributed by atoms with Gasteiger partial charge >= 0.3 is 5.97 Å². The maximum Gasteiger partial charge on any atom is 0.310 e. The van der Waals surface area contributed by atoms with E-state index in [1.54, 1.807) is 6.07 Å². The molecule has 0 bridgehead atoms. The molecule has 0 aliphatic heterocycles. The molecule has 2 saturated carbocycles. The Balaban J connectivity index is 1.78. The van der Waals surface area contributed by atoms with Crippen LogP contribution in [0.2, 0.25) is 0 Å². The average molecular weight is 373 g/mol. The van der Waals surface area contributed by atoms with Gasteiger partial charge in [-0.05, 0) is 96.9 Å². The van der Waals surface area contributed by atoms with Gasteiger partial charge in [-0.15, -0.1) is 0 Å². The van der Waals surface area contributed by atoms with Crippen LogP contribution in [0.1, 0.15) is 87.3 Å². The number of rotatable bonds is 4. The summed E-state index contributed by atoms with van der Waals surface area (Å²) in [6.07, 6.45) is 7.19. The van der Waals surface area contributed by atoms with Crippen molar-refractivity contribution in [2.75, 3.05) is 0 Å². The van der Waals surface area contributed by atoms with Crippen LogP contribution < -0.4 is 0 Å². The molecule has 3 aliphatic rings. The second kappa shape index (κ2) is 6.80. The Kier molecular flexibility index (Phi) is 4.74. The van der Waals surface area contributed by atoms with Crippen molar-refractivity contribution >= 4 is 5.97 Å². The van der Waals surface area contributed by atoms with Crippen LogP contribution in [0.4, 0.5) is 0 Å². The molecule has 6 atom stereocenters. The monoisotopic (exact) mass is 372 g/mol. The molecule has 1 unspecified atom stereocenters. The number of aliphatic hydroxyl groups excluding tert-OH is 1. The number of carboxylic acid groups (broad SMARTS) is 1. The lowest BCUT2D eigenvalue weighted by molar-refractivity contribution is -0.139. The lowest BCUT2D eigenvalue weighted by Crippen LogP contribution is -2.44. The number of carbonyl (C=O) groups is 1. The fourth-order valence-electron chi connectivity index (χ4n) is 6.71. The quantitative estimate of drug-likeness (QED) is 0.723. The number of aryl methyl sites for hydroxylation is 1. The van der Waals surface area contributed by atoms with Gasteiger partial charge in [0.15, 0.2) is 0 Å². The van der Waals surface area contributed by atoms with Crippen LogP contribution in [0.3, 0.4) is 0 Å². The first kappa shape index (κ1) is 18.8. The number of aromatic hydroxyl groups is 1. The highest BCUT2D eigenvalue weighted by molar-refractivity contribution is 5.77. The molecule has 4 nitrogen and oxygen atoms in total. The summed E-state index contributed by atoms with van der Waals surface area (Å²) in [4.78, 5) is 12.0. The molecular weight excluding hydrogens is 340 g/mol. The molecule has 0 heterocycles. The normalized spacial score (nSPS) is 35.8. The van der Waals surface area contributed by atoms with E-state index in [4.69, 9.17) is 0 Å². The Morgan fingerprint density at radius 1 is 1.26 bits per heavy atom. The van der Waals surface area contributed by atoms with Gasteiger partial charge in [0.05, 0.1) is 12.0 Å². The lowest BCUT2D eigenvalue weighted by Gasteiger charge is -2.50. The Morgan fingerprint density at radius 2 is 2.04 bits per heavy atom. The van der Waals surface area contributed by atoms with Crippen molar-refractivity contribution in [3.8, 4) is 5.75 Å². The maximum absolute atomic E-state index is 12.0. The number of aliphatic carboxylic acids is 1. The molecule has 4 rings (SSSR count). The van der Waals surface area contributed by atoms with Crippen molar-refractivity contribution in [2.24, 2.45) is 17.3 Å². The summed E-state index contributed by atoms with van der Waals surface area (Å²) < 4.78 is 0. The zero-order valence-electron chi connectivity index (χ0n) is 16.4. The lowest BCUT2D eigenvalue weighted by atomic mass is 9.54. The molecule has 27 heavy (non-hydrogen) atoms. The van der Waals surface area contributed by atoms with Crippen LogP contribution in [0, 0.1) is 17.3 Å². The van der Waals surface area contributed by atoms with Crippen molar-refractivity contribution in [3.63, 3.8) is 0 Å². The maximum atomic E-state index is 12.0. The third-order valence-corrected chi connectivity index (χ3v) is 8.04. The Hall–Kier alpha value is -1.55. The second-order valence-corrected chi connectivity index (χ2v) is 9.34. The number of benzene rings is 1. The predicted molar refractivity (Wildman–Crippen MR) is 104 cm³/mol. The van der Waals surface area contributed by atoms with Crippen LogP contribution in [0.15, 0.2) is 12.1 Å². The van der Waals surface area contributed by atoms with E-state index in [0.717, 1.165) is 56.1 Å². The van der Waals surface area contributed by atoms with Gasteiger partial charge in [0.1, 0.15) is 5.75 Å². The molecule has 1 aromatic carbocycles. The van der Waals surface area contributed by atoms with Crippen molar-refractivity contribution in [2.45, 2.75) is 83.2 Å². The fourth-order valence-corrected chi connectivity index (χ4v) is 6.71. The van der Waals surface area contributed by atoms with E-state index < -0.39 is 11.9 Å². The summed E-state index contributed by atoms with van der Waals surface area (Å²) in [5.41, 5.74) is 3.23. The summed E-state index contributed by atoms with van der Waals surface area (Å²) >= 11 is 0. The third kappa shape index (κ3) is 2.88. The minimum absolute atomic E-state index is 0.0192. The fraction of sp³-hybridized carbons (Fsp3) is 0.696. The van der Waals surface area contributed by atoms with Gasteiger partial charge in [0.2, 0.25) is 0 Å². The Bertz CT molecular complexity index is 742. The van der Waals surface area contributed by atoms with Crippen molar-refractivity contribution < 1.29 is 20.1 Å². The van der Waals surface area contributed by atoms with Gasteiger partial charge in [0.25, 0.3) is 0 Å². The Morgan fingerprint density at radius 3 is 2.74 bits per heavy atom. The van der Waals surface area contributed by atoms with Gasteiger partial charge in [-0.1, -0.05) is 20.3 Å². The Labute approximate surface area is 161 Å². The molecule has 3 aliphatic carbocycles. The van der Waals surface area contributed by atoms with Crippen LogP contribution >= 0.6 is 0 Å². The highest BCUT2D eigenvalue weighted by Gasteiger charge is 2.54. The molecule has 0 aromatic heterocycles. The largest absolute Gasteiger partial charge is 0.508 e. The number of phenolic OH excluding ortho intramolecular Hbond substituents is 1. The number of carboxylic acids is 1. The van der Waals surface area contributed by atoms with E-state index >= 15 is 0 Å².